The van der Waals surface area contributed by atoms with Crippen molar-refractivity contribution in [3.8, 4) is 0 Å². The van der Waals surface area contributed by atoms with E-state index in [1.807, 2.05) is 0 Å². The van der Waals surface area contributed by atoms with Crippen molar-refractivity contribution in [2.45, 2.75) is 397 Å². The predicted octanol–water partition coefficient (Wildman–Crippen LogP) is 17.9. The monoisotopic (exact) mass is 1080 g/mol. The Kier molecular flexibility index (Phi) is 54.9. The van der Waals surface area contributed by atoms with E-state index in [4.69, 9.17) is 9.47 Å². The number of hydrogen-bond donors (Lipinski definition) is 6. The molecule has 1 heterocycles. The third-order valence-corrected chi connectivity index (χ3v) is 16.6. The molecule has 0 aromatic heterocycles. The Morgan fingerprint density at radius 2 is 0.737 bits per heavy atom. The molecule has 6 N–H and O–H groups in total. The van der Waals surface area contributed by atoms with Crippen molar-refractivity contribution >= 4 is 5.91 Å². The maximum Gasteiger partial charge on any atom is 0.220 e. The van der Waals surface area contributed by atoms with Gasteiger partial charge in [0.25, 0.3) is 0 Å². The SMILES string of the molecule is CCCCCCCCCCCCCCCCCCCC/C=C\CCCCCCCCCCCCCCCCCCCC(=O)NC(COC1OC(CO)C(O)C(O)C1O)C(O)CCCCCCCCCCCCCCCC. The number of ether oxygens (including phenoxy) is 2. The van der Waals surface area contributed by atoms with E-state index in [1.165, 1.54) is 289 Å². The summed E-state index contributed by atoms with van der Waals surface area (Å²) < 4.78 is 11.3. The molecular weight excluding hydrogens is 947 g/mol. The number of hydrogen-bond acceptors (Lipinski definition) is 8. The van der Waals surface area contributed by atoms with E-state index in [1.54, 1.807) is 0 Å². The lowest BCUT2D eigenvalue weighted by Crippen LogP contribution is -2.60. The number of nitrogens with one attached hydrogen (secondary N) is 1. The van der Waals surface area contributed by atoms with Crippen LogP contribution in [0.3, 0.4) is 0 Å². The molecule has 0 radical (unpaired) electrons. The summed E-state index contributed by atoms with van der Waals surface area (Å²) in [7, 11) is 0. The number of aliphatic hydroxyl groups is 5. The summed E-state index contributed by atoms with van der Waals surface area (Å²) in [5, 5.41) is 54.7. The summed E-state index contributed by atoms with van der Waals surface area (Å²) in [5.74, 6) is -0.137. The minimum absolute atomic E-state index is 0.133. The molecule has 9 nitrogen and oxygen atoms in total. The summed E-state index contributed by atoms with van der Waals surface area (Å²) in [4.78, 5) is 13.1. The Hall–Kier alpha value is -1.07. The Bertz CT molecular complexity index is 1200. The van der Waals surface area contributed by atoms with Crippen LogP contribution < -0.4 is 5.32 Å². The lowest BCUT2D eigenvalue weighted by atomic mass is 9.99. The molecule has 76 heavy (non-hydrogen) atoms. The fraction of sp³-hybridized carbons (Fsp3) is 0.955. The highest BCUT2D eigenvalue weighted by atomic mass is 16.7. The molecular formula is C67H131NO8. The zero-order valence-corrected chi connectivity index (χ0v) is 50.5. The van der Waals surface area contributed by atoms with Crippen molar-refractivity contribution in [3.05, 3.63) is 12.2 Å². The maximum atomic E-state index is 13.1. The summed E-state index contributed by atoms with van der Waals surface area (Å²) in [5.41, 5.74) is 0. The molecule has 0 spiro atoms. The van der Waals surface area contributed by atoms with Gasteiger partial charge < -0.3 is 40.3 Å². The molecule has 7 atom stereocenters. The van der Waals surface area contributed by atoms with Crippen molar-refractivity contribution in [2.24, 2.45) is 0 Å². The Morgan fingerprint density at radius 3 is 1.07 bits per heavy atom. The van der Waals surface area contributed by atoms with Crippen molar-refractivity contribution in [3.63, 3.8) is 0 Å². The van der Waals surface area contributed by atoms with Gasteiger partial charge in [-0.2, -0.15) is 0 Å². The van der Waals surface area contributed by atoms with E-state index in [0.717, 1.165) is 38.5 Å². The van der Waals surface area contributed by atoms with Crippen LogP contribution in [0.1, 0.15) is 354 Å². The standard InChI is InChI=1S/C67H131NO8/c1-3-5-7-9-11-13-15-17-19-20-21-22-23-24-25-26-27-28-29-30-31-32-33-34-35-36-37-38-39-40-41-42-43-45-47-49-51-53-55-57-63(71)68-60(59-75-67-66(74)65(73)64(72)62(58-69)76-67)61(70)56-54-52-50-48-46-44-18-16-14-12-10-8-6-4-2/h30-31,60-62,64-67,69-70,72-74H,3-29,32-59H2,1-2H3,(H,68,71)/b31-30-. The molecule has 1 saturated heterocycles. The van der Waals surface area contributed by atoms with Crippen LogP contribution in [0.2, 0.25) is 0 Å². The van der Waals surface area contributed by atoms with E-state index in [0.29, 0.717) is 12.8 Å². The minimum atomic E-state index is -1.55. The van der Waals surface area contributed by atoms with Crippen molar-refractivity contribution in [1.29, 1.82) is 0 Å². The van der Waals surface area contributed by atoms with Gasteiger partial charge in [-0.1, -0.05) is 321 Å². The van der Waals surface area contributed by atoms with Crippen LogP contribution in [0.25, 0.3) is 0 Å². The van der Waals surface area contributed by atoms with Crippen LogP contribution in [0.5, 0.6) is 0 Å². The van der Waals surface area contributed by atoms with Gasteiger partial charge in [-0.3, -0.25) is 4.79 Å². The van der Waals surface area contributed by atoms with Gasteiger partial charge in [0.05, 0.1) is 25.4 Å². The van der Waals surface area contributed by atoms with E-state index in [9.17, 15) is 30.3 Å². The molecule has 0 bridgehead atoms. The fourth-order valence-corrected chi connectivity index (χ4v) is 11.3. The van der Waals surface area contributed by atoms with Gasteiger partial charge in [0.15, 0.2) is 6.29 Å². The lowest BCUT2D eigenvalue weighted by Gasteiger charge is -2.40. The van der Waals surface area contributed by atoms with Crippen LogP contribution in [0.4, 0.5) is 0 Å². The average Bonchev–Trinajstić information content (AvgIpc) is 3.42. The zero-order chi connectivity index (χ0) is 55.0. The van der Waals surface area contributed by atoms with E-state index in [2.05, 4.69) is 31.3 Å². The Labute approximate surface area is 471 Å². The molecule has 1 aliphatic rings. The molecule has 1 fully saturated rings. The zero-order valence-electron chi connectivity index (χ0n) is 50.5. The Morgan fingerprint density at radius 1 is 0.434 bits per heavy atom. The lowest BCUT2D eigenvalue weighted by molar-refractivity contribution is -0.302. The summed E-state index contributed by atoms with van der Waals surface area (Å²) in [6, 6.07) is -0.715. The summed E-state index contributed by atoms with van der Waals surface area (Å²) >= 11 is 0. The molecule has 9 heteroatoms. The second-order valence-corrected chi connectivity index (χ2v) is 24.0. The van der Waals surface area contributed by atoms with Crippen LogP contribution >= 0.6 is 0 Å². The first-order chi connectivity index (χ1) is 37.3. The van der Waals surface area contributed by atoms with Gasteiger partial charge >= 0.3 is 0 Å². The minimum Gasteiger partial charge on any atom is -0.394 e. The van der Waals surface area contributed by atoms with Crippen LogP contribution in [-0.4, -0.2) is 87.5 Å². The summed E-state index contributed by atoms with van der Waals surface area (Å²) in [6.45, 7) is 3.88. The van der Waals surface area contributed by atoms with Crippen LogP contribution in [0, 0.1) is 0 Å². The highest BCUT2D eigenvalue weighted by molar-refractivity contribution is 5.76. The second kappa shape index (κ2) is 57.2. The predicted molar refractivity (Wildman–Crippen MR) is 323 cm³/mol. The smallest absolute Gasteiger partial charge is 0.220 e. The number of allylic oxidation sites excluding steroid dienone is 2. The first-order valence-electron chi connectivity index (χ1n) is 33.9. The summed E-state index contributed by atoms with van der Waals surface area (Å²) in [6.07, 6.45) is 65.9. The number of aliphatic hydroxyl groups excluding tert-OH is 5. The number of amides is 1. The molecule has 0 saturated carbocycles. The van der Waals surface area contributed by atoms with Gasteiger partial charge in [-0.05, 0) is 38.5 Å². The van der Waals surface area contributed by atoms with Gasteiger partial charge in [0, 0.05) is 6.42 Å². The van der Waals surface area contributed by atoms with Crippen molar-refractivity contribution < 1.29 is 39.8 Å². The van der Waals surface area contributed by atoms with E-state index >= 15 is 0 Å². The highest BCUT2D eigenvalue weighted by Gasteiger charge is 2.44. The fourth-order valence-electron chi connectivity index (χ4n) is 11.3. The van der Waals surface area contributed by atoms with Crippen LogP contribution in [0.15, 0.2) is 12.2 Å². The molecule has 452 valence electrons. The van der Waals surface area contributed by atoms with E-state index in [-0.39, 0.29) is 12.5 Å². The molecule has 1 aliphatic heterocycles. The third-order valence-electron chi connectivity index (χ3n) is 16.6. The van der Waals surface area contributed by atoms with Gasteiger partial charge in [-0.25, -0.2) is 0 Å². The highest BCUT2D eigenvalue weighted by Crippen LogP contribution is 2.24. The topological polar surface area (TPSA) is 149 Å². The van der Waals surface area contributed by atoms with Crippen molar-refractivity contribution in [1.82, 2.24) is 5.32 Å². The van der Waals surface area contributed by atoms with Crippen LogP contribution in [-0.2, 0) is 14.3 Å². The van der Waals surface area contributed by atoms with Gasteiger partial charge in [0.1, 0.15) is 24.4 Å². The first kappa shape index (κ1) is 72.9. The Balaban J connectivity index is 2.01. The van der Waals surface area contributed by atoms with E-state index < -0.39 is 49.5 Å². The number of rotatable bonds is 60. The molecule has 7 unspecified atom stereocenters. The first-order valence-corrected chi connectivity index (χ1v) is 33.9. The maximum absolute atomic E-state index is 13.1. The number of carbonyl (C=O) groups excluding carboxylic acids is 1. The molecule has 0 aromatic carbocycles. The third kappa shape index (κ3) is 45.6. The van der Waals surface area contributed by atoms with Gasteiger partial charge in [-0.15, -0.1) is 0 Å². The normalized spacial score (nSPS) is 18.8. The number of unbranched alkanes of at least 4 members (excludes halogenated alkanes) is 48. The van der Waals surface area contributed by atoms with Gasteiger partial charge in [0.2, 0.25) is 5.91 Å². The second-order valence-electron chi connectivity index (χ2n) is 24.0. The molecule has 1 rings (SSSR count). The largest absolute Gasteiger partial charge is 0.394 e. The molecule has 1 amide bonds. The van der Waals surface area contributed by atoms with Crippen molar-refractivity contribution in [2.75, 3.05) is 13.2 Å². The molecule has 0 aliphatic carbocycles. The average molecular weight is 1080 g/mol. The molecule has 0 aromatic rings. The number of carbonyl (C=O) groups is 1. The quantitative estimate of drug-likeness (QED) is 0.0261.